The van der Waals surface area contributed by atoms with Gasteiger partial charge in [0.05, 0.1) is 14.2 Å². The third-order valence-corrected chi connectivity index (χ3v) is 2.64. The van der Waals surface area contributed by atoms with E-state index >= 15 is 0 Å². The van der Waals surface area contributed by atoms with Gasteiger partial charge >= 0.3 is 11.9 Å². The normalized spacial score (nSPS) is 13.1. The van der Waals surface area contributed by atoms with Gasteiger partial charge in [0.2, 0.25) is 11.8 Å². The number of hydrogen-bond acceptors (Lipinski definition) is 6. The quantitative estimate of drug-likeness (QED) is 0.469. The maximum atomic E-state index is 11.5. The van der Waals surface area contributed by atoms with Crippen LogP contribution in [0.3, 0.4) is 0 Å². The number of amides is 2. The van der Waals surface area contributed by atoms with Crippen molar-refractivity contribution in [3.8, 4) is 0 Å². The molecule has 0 aromatic carbocycles. The Morgan fingerprint density at radius 2 is 1.14 bits per heavy atom. The van der Waals surface area contributed by atoms with Crippen LogP contribution in [-0.4, -0.2) is 50.1 Å². The average molecular weight is 314 g/mol. The summed E-state index contributed by atoms with van der Waals surface area (Å²) in [5, 5.41) is 4.92. The molecular formula is C14H22N2O6. The Kier molecular flexibility index (Phi) is 9.24. The number of hydrogen-bond donors (Lipinski definition) is 2. The smallest absolute Gasteiger partial charge is 0.328 e. The van der Waals surface area contributed by atoms with E-state index in [0.29, 0.717) is 0 Å². The maximum Gasteiger partial charge on any atom is 0.328 e. The predicted octanol–water partition coefficient (Wildman–Crippen LogP) is -0.322. The van der Waals surface area contributed by atoms with Crippen LogP contribution in [0.2, 0.25) is 0 Å². The highest BCUT2D eigenvalue weighted by Gasteiger charge is 2.20. The minimum absolute atomic E-state index is 0.209. The van der Waals surface area contributed by atoms with Crippen molar-refractivity contribution in [2.24, 2.45) is 0 Å². The zero-order valence-electron chi connectivity index (χ0n) is 13.2. The molecule has 0 unspecified atom stereocenters. The molecule has 0 bridgehead atoms. The van der Waals surface area contributed by atoms with Crippen LogP contribution in [0.4, 0.5) is 0 Å². The number of carbonyl (C=O) groups excluding carboxylic acids is 4. The standard InChI is InChI=1S/C14H22N2O6/c1-9(17)15-11(13(19)21-3)7-5-6-8-12(14(20)22-4)16-10(2)18/h5-6,11-12H,7-8H2,1-4H3,(H,15,17)(H,16,18)/b6-5+/t11-,12-/m0/s1. The fourth-order valence-electron chi connectivity index (χ4n) is 1.67. The molecule has 0 spiro atoms. The second-order valence-corrected chi connectivity index (χ2v) is 4.50. The molecule has 0 aliphatic rings. The van der Waals surface area contributed by atoms with Crippen molar-refractivity contribution in [1.82, 2.24) is 10.6 Å². The van der Waals surface area contributed by atoms with E-state index in [1.54, 1.807) is 12.2 Å². The highest BCUT2D eigenvalue weighted by atomic mass is 16.5. The van der Waals surface area contributed by atoms with Crippen LogP contribution in [0.15, 0.2) is 12.2 Å². The first-order valence-corrected chi connectivity index (χ1v) is 6.66. The zero-order valence-corrected chi connectivity index (χ0v) is 13.2. The lowest BCUT2D eigenvalue weighted by atomic mass is 10.1. The van der Waals surface area contributed by atoms with Gasteiger partial charge in [-0.1, -0.05) is 12.2 Å². The third-order valence-electron chi connectivity index (χ3n) is 2.64. The minimum atomic E-state index is -0.795. The summed E-state index contributed by atoms with van der Waals surface area (Å²) in [5.41, 5.74) is 0. The van der Waals surface area contributed by atoms with Gasteiger partial charge < -0.3 is 20.1 Å². The van der Waals surface area contributed by atoms with E-state index in [2.05, 4.69) is 20.1 Å². The first kappa shape index (κ1) is 19.6. The Bertz CT molecular complexity index is 407. The molecular weight excluding hydrogens is 292 g/mol. The van der Waals surface area contributed by atoms with Gasteiger partial charge in [0.1, 0.15) is 12.1 Å². The van der Waals surface area contributed by atoms with Crippen LogP contribution in [0.25, 0.3) is 0 Å². The molecule has 2 N–H and O–H groups in total. The highest BCUT2D eigenvalue weighted by molar-refractivity contribution is 5.84. The summed E-state index contributed by atoms with van der Waals surface area (Å²) >= 11 is 0. The van der Waals surface area contributed by atoms with Gasteiger partial charge in [-0.05, 0) is 12.8 Å². The van der Waals surface area contributed by atoms with Crippen LogP contribution in [-0.2, 0) is 28.7 Å². The fourth-order valence-corrected chi connectivity index (χ4v) is 1.67. The summed E-state index contributed by atoms with van der Waals surface area (Å²) in [6.07, 6.45) is 3.66. The zero-order chi connectivity index (χ0) is 17.1. The lowest BCUT2D eigenvalue weighted by Crippen LogP contribution is -2.40. The molecule has 0 fully saturated rings. The molecule has 0 aromatic heterocycles. The van der Waals surface area contributed by atoms with Crippen molar-refractivity contribution in [1.29, 1.82) is 0 Å². The summed E-state index contributed by atoms with van der Waals surface area (Å²) in [4.78, 5) is 45.0. The Hall–Kier alpha value is -2.38. The van der Waals surface area contributed by atoms with Crippen LogP contribution >= 0.6 is 0 Å². The molecule has 0 heterocycles. The first-order valence-electron chi connectivity index (χ1n) is 6.66. The molecule has 2 amide bonds. The topological polar surface area (TPSA) is 111 Å². The van der Waals surface area contributed by atoms with Crippen molar-refractivity contribution in [2.45, 2.75) is 38.8 Å². The molecule has 0 aliphatic heterocycles. The Morgan fingerprint density at radius 1 is 0.818 bits per heavy atom. The second-order valence-electron chi connectivity index (χ2n) is 4.50. The van der Waals surface area contributed by atoms with Crippen molar-refractivity contribution >= 4 is 23.8 Å². The Morgan fingerprint density at radius 3 is 1.36 bits per heavy atom. The van der Waals surface area contributed by atoms with E-state index in [0.717, 1.165) is 0 Å². The molecule has 0 saturated carbocycles. The maximum absolute atomic E-state index is 11.5. The molecule has 0 saturated heterocycles. The van der Waals surface area contributed by atoms with Crippen LogP contribution in [0.5, 0.6) is 0 Å². The molecule has 0 aliphatic carbocycles. The van der Waals surface area contributed by atoms with Crippen molar-refractivity contribution in [3.05, 3.63) is 12.2 Å². The van der Waals surface area contributed by atoms with Gasteiger partial charge in [0.15, 0.2) is 0 Å². The summed E-state index contributed by atoms with van der Waals surface area (Å²) in [6, 6.07) is -1.59. The molecule has 0 radical (unpaired) electrons. The minimum Gasteiger partial charge on any atom is -0.467 e. The van der Waals surface area contributed by atoms with E-state index < -0.39 is 24.0 Å². The fraction of sp³-hybridized carbons (Fsp3) is 0.571. The number of rotatable bonds is 8. The molecule has 0 rings (SSSR count). The lowest BCUT2D eigenvalue weighted by Gasteiger charge is -2.14. The number of esters is 2. The average Bonchev–Trinajstić information content (AvgIpc) is 2.46. The van der Waals surface area contributed by atoms with Gasteiger partial charge in [-0.15, -0.1) is 0 Å². The largest absolute Gasteiger partial charge is 0.467 e. The van der Waals surface area contributed by atoms with E-state index in [1.807, 2.05) is 0 Å². The summed E-state index contributed by atoms with van der Waals surface area (Å²) < 4.78 is 9.16. The molecule has 2 atom stereocenters. The van der Waals surface area contributed by atoms with Crippen LogP contribution < -0.4 is 10.6 Å². The van der Waals surface area contributed by atoms with Crippen molar-refractivity contribution in [3.63, 3.8) is 0 Å². The van der Waals surface area contributed by atoms with Crippen LogP contribution in [0.1, 0.15) is 26.7 Å². The molecule has 22 heavy (non-hydrogen) atoms. The summed E-state index contributed by atoms with van der Waals surface area (Å²) in [5.74, 6) is -1.83. The number of nitrogens with one attached hydrogen (secondary N) is 2. The van der Waals surface area contributed by atoms with E-state index in [9.17, 15) is 19.2 Å². The molecule has 124 valence electrons. The SMILES string of the molecule is COC(=O)[C@H](C/C=C/C[C@H](NC(C)=O)C(=O)OC)NC(C)=O. The summed E-state index contributed by atoms with van der Waals surface area (Å²) in [7, 11) is 2.45. The number of ether oxygens (including phenoxy) is 2. The first-order chi connectivity index (χ1) is 10.3. The Labute approximate surface area is 129 Å². The van der Waals surface area contributed by atoms with Crippen molar-refractivity contribution in [2.75, 3.05) is 14.2 Å². The number of methoxy groups -OCH3 is 2. The van der Waals surface area contributed by atoms with Gasteiger partial charge in [0.25, 0.3) is 0 Å². The van der Waals surface area contributed by atoms with Gasteiger partial charge in [-0.2, -0.15) is 0 Å². The van der Waals surface area contributed by atoms with Crippen molar-refractivity contribution < 1.29 is 28.7 Å². The summed E-state index contributed by atoms with van der Waals surface area (Å²) in [6.45, 7) is 2.59. The molecule has 8 heteroatoms. The van der Waals surface area contributed by atoms with Gasteiger partial charge in [-0.25, -0.2) is 9.59 Å². The second kappa shape index (κ2) is 10.4. The van der Waals surface area contributed by atoms with Crippen LogP contribution in [0, 0.1) is 0 Å². The van der Waals surface area contributed by atoms with E-state index in [1.165, 1.54) is 28.1 Å². The predicted molar refractivity (Wildman–Crippen MR) is 77.6 cm³/mol. The van der Waals surface area contributed by atoms with E-state index in [4.69, 9.17) is 0 Å². The lowest BCUT2D eigenvalue weighted by molar-refractivity contribution is -0.145. The third kappa shape index (κ3) is 8.03. The van der Waals surface area contributed by atoms with Gasteiger partial charge in [0, 0.05) is 13.8 Å². The number of carbonyl (C=O) groups is 4. The highest BCUT2D eigenvalue weighted by Crippen LogP contribution is 2.01. The monoisotopic (exact) mass is 314 g/mol. The molecule has 8 nitrogen and oxygen atoms in total. The Balaban J connectivity index is 4.59. The molecule has 0 aromatic rings. The van der Waals surface area contributed by atoms with E-state index in [-0.39, 0.29) is 24.7 Å². The van der Waals surface area contributed by atoms with Gasteiger partial charge in [-0.3, -0.25) is 9.59 Å².